The van der Waals surface area contributed by atoms with E-state index >= 15 is 0 Å². The number of nitrogens with zero attached hydrogens (tertiary/aromatic N) is 1. The van der Waals surface area contributed by atoms with E-state index in [1.165, 1.54) is 7.11 Å². The number of carboxylic acid groups (broad SMARTS) is 1. The third kappa shape index (κ3) is 3.98. The SMILES string of the molecule is COCC1(C(=O)O)CCCN(C(=O)CCC2CCC(C)O2)C1. The molecule has 2 aliphatic heterocycles. The van der Waals surface area contributed by atoms with Crippen LogP contribution >= 0.6 is 0 Å². The average molecular weight is 313 g/mol. The van der Waals surface area contributed by atoms with Crippen molar-refractivity contribution in [1.82, 2.24) is 4.90 Å². The third-order valence-electron chi connectivity index (χ3n) is 4.80. The van der Waals surface area contributed by atoms with Crippen molar-refractivity contribution in [1.29, 1.82) is 0 Å². The molecule has 2 saturated heterocycles. The lowest BCUT2D eigenvalue weighted by atomic mass is 9.80. The van der Waals surface area contributed by atoms with Gasteiger partial charge in [-0.2, -0.15) is 0 Å². The van der Waals surface area contributed by atoms with Gasteiger partial charge in [-0.1, -0.05) is 0 Å². The fourth-order valence-corrected chi connectivity index (χ4v) is 3.52. The van der Waals surface area contributed by atoms with Crippen LogP contribution in [-0.4, -0.2) is 60.9 Å². The molecule has 1 amide bonds. The maximum Gasteiger partial charge on any atom is 0.313 e. The maximum atomic E-state index is 12.4. The number of aliphatic carboxylic acids is 1. The van der Waals surface area contributed by atoms with Crippen molar-refractivity contribution in [2.75, 3.05) is 26.8 Å². The first-order valence-electron chi connectivity index (χ1n) is 8.12. The zero-order chi connectivity index (χ0) is 16.2. The van der Waals surface area contributed by atoms with Crippen LogP contribution in [0.1, 0.15) is 45.4 Å². The van der Waals surface area contributed by atoms with Gasteiger partial charge < -0.3 is 19.5 Å². The number of carbonyl (C=O) groups is 2. The Labute approximate surface area is 131 Å². The van der Waals surface area contributed by atoms with Crippen molar-refractivity contribution in [3.8, 4) is 0 Å². The molecule has 126 valence electrons. The molecule has 1 N–H and O–H groups in total. The Bertz CT molecular complexity index is 409. The molecule has 0 spiro atoms. The number of carbonyl (C=O) groups excluding carboxylic acids is 1. The molecule has 6 heteroatoms. The molecule has 0 aromatic carbocycles. The summed E-state index contributed by atoms with van der Waals surface area (Å²) in [5, 5.41) is 9.51. The number of hydrogen-bond acceptors (Lipinski definition) is 4. The van der Waals surface area contributed by atoms with Crippen LogP contribution in [0, 0.1) is 5.41 Å². The van der Waals surface area contributed by atoms with E-state index in [1.807, 2.05) is 0 Å². The molecular formula is C16H27NO5. The third-order valence-corrected chi connectivity index (χ3v) is 4.80. The van der Waals surface area contributed by atoms with Gasteiger partial charge in [0.25, 0.3) is 0 Å². The molecule has 0 aliphatic carbocycles. The minimum Gasteiger partial charge on any atom is -0.481 e. The monoisotopic (exact) mass is 313 g/mol. The molecule has 2 heterocycles. The average Bonchev–Trinajstić information content (AvgIpc) is 2.91. The van der Waals surface area contributed by atoms with Gasteiger partial charge in [-0.3, -0.25) is 9.59 Å². The number of methoxy groups -OCH3 is 1. The van der Waals surface area contributed by atoms with Crippen LogP contribution in [0.4, 0.5) is 0 Å². The van der Waals surface area contributed by atoms with Crippen molar-refractivity contribution in [2.24, 2.45) is 5.41 Å². The predicted molar refractivity (Wildman–Crippen MR) is 80.6 cm³/mol. The van der Waals surface area contributed by atoms with Crippen molar-refractivity contribution >= 4 is 11.9 Å². The highest BCUT2D eigenvalue weighted by Crippen LogP contribution is 2.31. The Morgan fingerprint density at radius 3 is 2.77 bits per heavy atom. The number of hydrogen-bond donors (Lipinski definition) is 1. The number of piperidine rings is 1. The smallest absolute Gasteiger partial charge is 0.313 e. The highest BCUT2D eigenvalue weighted by molar-refractivity contribution is 5.79. The summed E-state index contributed by atoms with van der Waals surface area (Å²) in [6.07, 6.45) is 4.95. The first-order valence-corrected chi connectivity index (χ1v) is 8.12. The van der Waals surface area contributed by atoms with E-state index in [2.05, 4.69) is 6.92 Å². The first-order chi connectivity index (χ1) is 10.5. The van der Waals surface area contributed by atoms with Gasteiger partial charge in [0.05, 0.1) is 18.8 Å². The number of rotatable bonds is 6. The Morgan fingerprint density at radius 2 is 2.18 bits per heavy atom. The largest absolute Gasteiger partial charge is 0.481 e. The first kappa shape index (κ1) is 17.2. The summed E-state index contributed by atoms with van der Waals surface area (Å²) in [7, 11) is 1.50. The van der Waals surface area contributed by atoms with E-state index in [0.29, 0.717) is 25.8 Å². The van der Waals surface area contributed by atoms with Gasteiger partial charge in [-0.25, -0.2) is 0 Å². The van der Waals surface area contributed by atoms with Crippen LogP contribution in [0.5, 0.6) is 0 Å². The molecule has 2 rings (SSSR count). The van der Waals surface area contributed by atoms with Gasteiger partial charge in [0, 0.05) is 26.6 Å². The van der Waals surface area contributed by atoms with E-state index in [9.17, 15) is 14.7 Å². The second-order valence-electron chi connectivity index (χ2n) is 6.62. The fraction of sp³-hybridized carbons (Fsp3) is 0.875. The van der Waals surface area contributed by atoms with Crippen LogP contribution in [-0.2, 0) is 19.1 Å². The lowest BCUT2D eigenvalue weighted by Gasteiger charge is -2.39. The summed E-state index contributed by atoms with van der Waals surface area (Å²) in [6.45, 7) is 3.09. The molecule has 3 unspecified atom stereocenters. The van der Waals surface area contributed by atoms with E-state index in [1.54, 1.807) is 4.90 Å². The van der Waals surface area contributed by atoms with Gasteiger partial charge in [0.2, 0.25) is 5.91 Å². The van der Waals surface area contributed by atoms with Gasteiger partial charge in [-0.05, 0) is 39.0 Å². The number of likely N-dealkylation sites (tertiary alicyclic amines) is 1. The fourth-order valence-electron chi connectivity index (χ4n) is 3.52. The Balaban J connectivity index is 1.88. The molecular weight excluding hydrogens is 286 g/mol. The molecule has 6 nitrogen and oxygen atoms in total. The van der Waals surface area contributed by atoms with Crippen molar-refractivity contribution in [3.63, 3.8) is 0 Å². The van der Waals surface area contributed by atoms with Gasteiger partial charge in [-0.15, -0.1) is 0 Å². The quantitative estimate of drug-likeness (QED) is 0.807. The number of carboxylic acids is 1. The van der Waals surface area contributed by atoms with Crippen LogP contribution in [0.2, 0.25) is 0 Å². The molecule has 3 atom stereocenters. The Kier molecular flexibility index (Phi) is 5.81. The minimum absolute atomic E-state index is 0.0320. The molecule has 2 aliphatic rings. The van der Waals surface area contributed by atoms with Gasteiger partial charge in [0.1, 0.15) is 5.41 Å². The molecule has 2 fully saturated rings. The van der Waals surface area contributed by atoms with Crippen LogP contribution < -0.4 is 0 Å². The summed E-state index contributed by atoms with van der Waals surface area (Å²) >= 11 is 0. The lowest BCUT2D eigenvalue weighted by Crippen LogP contribution is -2.52. The molecule has 0 saturated carbocycles. The van der Waals surface area contributed by atoms with Crippen molar-refractivity contribution in [3.05, 3.63) is 0 Å². The van der Waals surface area contributed by atoms with E-state index in [0.717, 1.165) is 19.3 Å². The molecule has 0 aromatic rings. The van der Waals surface area contributed by atoms with Crippen LogP contribution in [0.25, 0.3) is 0 Å². The lowest BCUT2D eigenvalue weighted by molar-refractivity contribution is -0.159. The highest BCUT2D eigenvalue weighted by Gasteiger charge is 2.43. The molecule has 0 aromatic heterocycles. The Hall–Kier alpha value is -1.14. The second-order valence-corrected chi connectivity index (χ2v) is 6.62. The maximum absolute atomic E-state index is 12.4. The van der Waals surface area contributed by atoms with Gasteiger partial charge >= 0.3 is 5.97 Å². The standard InChI is InChI=1S/C16H27NO5/c1-12-4-5-13(22-12)6-7-14(18)17-9-3-8-16(10-17,11-21-2)15(19)20/h12-13H,3-11H2,1-2H3,(H,19,20). The van der Waals surface area contributed by atoms with E-state index < -0.39 is 11.4 Å². The summed E-state index contributed by atoms with van der Waals surface area (Å²) < 4.78 is 10.8. The van der Waals surface area contributed by atoms with Crippen LogP contribution in [0.3, 0.4) is 0 Å². The number of amides is 1. The summed E-state index contributed by atoms with van der Waals surface area (Å²) in [4.78, 5) is 25.7. The summed E-state index contributed by atoms with van der Waals surface area (Å²) in [5.41, 5.74) is -0.957. The predicted octanol–water partition coefficient (Wildman–Crippen LogP) is 1.67. The van der Waals surface area contributed by atoms with Gasteiger partial charge in [0.15, 0.2) is 0 Å². The summed E-state index contributed by atoms with van der Waals surface area (Å²) in [6, 6.07) is 0. The van der Waals surface area contributed by atoms with E-state index in [-0.39, 0.29) is 31.3 Å². The molecule has 22 heavy (non-hydrogen) atoms. The van der Waals surface area contributed by atoms with E-state index in [4.69, 9.17) is 9.47 Å². The van der Waals surface area contributed by atoms with Crippen molar-refractivity contribution in [2.45, 2.75) is 57.7 Å². The highest BCUT2D eigenvalue weighted by atomic mass is 16.5. The zero-order valence-corrected chi connectivity index (χ0v) is 13.5. The summed E-state index contributed by atoms with van der Waals surface area (Å²) in [5.74, 6) is -0.843. The van der Waals surface area contributed by atoms with Crippen LogP contribution in [0.15, 0.2) is 0 Å². The Morgan fingerprint density at radius 1 is 1.41 bits per heavy atom. The topological polar surface area (TPSA) is 76.1 Å². The number of ether oxygens (including phenoxy) is 2. The second kappa shape index (κ2) is 7.42. The van der Waals surface area contributed by atoms with Crippen molar-refractivity contribution < 1.29 is 24.2 Å². The minimum atomic E-state index is -0.957. The molecule has 0 radical (unpaired) electrons. The normalized spacial score (nSPS) is 32.2. The zero-order valence-electron chi connectivity index (χ0n) is 13.5. The molecule has 0 bridgehead atoms.